The third-order valence-electron chi connectivity index (χ3n) is 4.99. The number of carbonyl (C=O) groups is 1. The van der Waals surface area contributed by atoms with Gasteiger partial charge < -0.3 is 10.4 Å². The number of anilines is 1. The number of benzene rings is 1. The Bertz CT molecular complexity index is 1270. The van der Waals surface area contributed by atoms with Crippen molar-refractivity contribution in [2.45, 2.75) is 13.0 Å². The molecule has 3 heterocycles. The Morgan fingerprint density at radius 3 is 2.65 bits per heavy atom. The molecule has 4 rings (SSSR count). The first-order chi connectivity index (χ1) is 14.9. The van der Waals surface area contributed by atoms with Crippen molar-refractivity contribution in [1.82, 2.24) is 14.3 Å². The van der Waals surface area contributed by atoms with Crippen LogP contribution in [0.2, 0.25) is 0 Å². The third-order valence-corrected chi connectivity index (χ3v) is 6.48. The number of thioether (sulfide) groups is 1. The molecule has 0 saturated carbocycles. The second-order valence-corrected chi connectivity index (χ2v) is 8.79. The molecule has 3 aromatic rings. The van der Waals surface area contributed by atoms with Gasteiger partial charge in [0.2, 0.25) is 0 Å². The fourth-order valence-corrected chi connectivity index (χ4v) is 4.40. The Labute approximate surface area is 188 Å². The number of likely N-dealkylation sites (N-methyl/N-ethyl adjacent to an activating group) is 1. The highest BCUT2D eigenvalue weighted by molar-refractivity contribution is 8.26. The molecule has 9 heteroatoms. The minimum atomic E-state index is -0.792. The summed E-state index contributed by atoms with van der Waals surface area (Å²) in [5, 5.41) is 13.6. The van der Waals surface area contributed by atoms with Crippen LogP contribution in [0.25, 0.3) is 11.7 Å². The first kappa shape index (κ1) is 21.2. The molecule has 1 saturated heterocycles. The maximum absolute atomic E-state index is 13.3. The van der Waals surface area contributed by atoms with Crippen LogP contribution in [0.1, 0.15) is 22.8 Å². The van der Waals surface area contributed by atoms with Crippen molar-refractivity contribution in [2.24, 2.45) is 0 Å². The van der Waals surface area contributed by atoms with Crippen LogP contribution in [0.3, 0.4) is 0 Å². The van der Waals surface area contributed by atoms with E-state index in [1.807, 2.05) is 43.3 Å². The second-order valence-electron chi connectivity index (χ2n) is 7.11. The first-order valence-electron chi connectivity index (χ1n) is 9.57. The van der Waals surface area contributed by atoms with Crippen molar-refractivity contribution in [3.8, 4) is 0 Å². The van der Waals surface area contributed by atoms with Crippen molar-refractivity contribution in [3.05, 3.63) is 80.6 Å². The molecule has 2 aromatic heterocycles. The van der Waals surface area contributed by atoms with Gasteiger partial charge in [0, 0.05) is 19.8 Å². The lowest BCUT2D eigenvalue weighted by Gasteiger charge is -2.15. The molecular formula is C22H20N4O3S2. The van der Waals surface area contributed by atoms with E-state index in [2.05, 4.69) is 10.3 Å². The zero-order valence-electron chi connectivity index (χ0n) is 16.9. The largest absolute Gasteiger partial charge is 0.387 e. The Balaban J connectivity index is 1.78. The van der Waals surface area contributed by atoms with Crippen LogP contribution in [0.4, 0.5) is 5.82 Å². The van der Waals surface area contributed by atoms with Crippen LogP contribution in [-0.4, -0.2) is 43.2 Å². The Hall–Kier alpha value is -3.01. The summed E-state index contributed by atoms with van der Waals surface area (Å²) in [6.07, 6.45) is 2.37. The van der Waals surface area contributed by atoms with Gasteiger partial charge in [0.1, 0.15) is 15.8 Å². The van der Waals surface area contributed by atoms with E-state index in [4.69, 9.17) is 12.2 Å². The minimum Gasteiger partial charge on any atom is -0.387 e. The molecule has 1 fully saturated rings. The number of pyridine rings is 1. The molecule has 2 N–H and O–H groups in total. The number of hydrogen-bond donors (Lipinski definition) is 2. The van der Waals surface area contributed by atoms with E-state index in [1.165, 1.54) is 15.4 Å². The monoisotopic (exact) mass is 452 g/mol. The Morgan fingerprint density at radius 1 is 1.23 bits per heavy atom. The maximum atomic E-state index is 13.3. The zero-order valence-corrected chi connectivity index (χ0v) is 18.5. The summed E-state index contributed by atoms with van der Waals surface area (Å²) in [6, 6.07) is 12.9. The summed E-state index contributed by atoms with van der Waals surface area (Å²) in [7, 11) is 1.60. The average molecular weight is 453 g/mol. The van der Waals surface area contributed by atoms with Crippen LogP contribution in [0, 0.1) is 6.92 Å². The summed E-state index contributed by atoms with van der Waals surface area (Å²) >= 11 is 6.33. The molecule has 7 nitrogen and oxygen atoms in total. The standard InChI is InChI=1S/C22H20N4O3S2/c1-13-7-6-10-26-19(13)24-18(23-12-16(27)14-8-4-3-5-9-14)15(20(26)28)11-17-21(29)25(2)22(30)31-17/h3-11,16,23,27H,12H2,1-2H3/b17-11+/t16-/m0/s1. The van der Waals surface area contributed by atoms with Gasteiger partial charge in [-0.2, -0.15) is 0 Å². The predicted molar refractivity (Wildman–Crippen MR) is 127 cm³/mol. The van der Waals surface area contributed by atoms with Crippen molar-refractivity contribution < 1.29 is 9.90 Å². The number of aromatic nitrogens is 2. The van der Waals surface area contributed by atoms with Gasteiger partial charge in [-0.3, -0.25) is 18.9 Å². The molecule has 158 valence electrons. The number of aryl methyl sites for hydroxylation is 1. The van der Waals surface area contributed by atoms with Crippen LogP contribution in [0.15, 0.2) is 58.4 Å². The number of hydrogen-bond acceptors (Lipinski definition) is 7. The zero-order chi connectivity index (χ0) is 22.1. The van der Waals surface area contributed by atoms with Gasteiger partial charge in [0.25, 0.3) is 11.5 Å². The molecule has 1 amide bonds. The van der Waals surface area contributed by atoms with E-state index in [-0.39, 0.29) is 23.6 Å². The van der Waals surface area contributed by atoms with Gasteiger partial charge in [-0.25, -0.2) is 4.98 Å². The summed E-state index contributed by atoms with van der Waals surface area (Å²) in [6.45, 7) is 2.01. The Morgan fingerprint density at radius 2 is 1.97 bits per heavy atom. The highest BCUT2D eigenvalue weighted by Gasteiger charge is 2.29. The quantitative estimate of drug-likeness (QED) is 0.455. The lowest BCUT2D eigenvalue weighted by molar-refractivity contribution is -0.121. The van der Waals surface area contributed by atoms with Gasteiger partial charge >= 0.3 is 0 Å². The summed E-state index contributed by atoms with van der Waals surface area (Å²) in [5.74, 6) is 0.0367. The fraction of sp³-hybridized carbons (Fsp3) is 0.182. The molecule has 1 aliphatic heterocycles. The van der Waals surface area contributed by atoms with E-state index < -0.39 is 6.10 Å². The van der Waals surface area contributed by atoms with E-state index in [0.29, 0.717) is 20.7 Å². The number of nitrogens with one attached hydrogen (secondary N) is 1. The van der Waals surface area contributed by atoms with Crippen LogP contribution in [0.5, 0.6) is 0 Å². The molecule has 0 aliphatic carbocycles. The lowest BCUT2D eigenvalue weighted by Crippen LogP contribution is -2.24. The molecule has 0 radical (unpaired) electrons. The van der Waals surface area contributed by atoms with E-state index in [9.17, 15) is 14.7 Å². The van der Waals surface area contributed by atoms with Crippen molar-refractivity contribution in [2.75, 3.05) is 18.9 Å². The molecule has 1 aromatic carbocycles. The van der Waals surface area contributed by atoms with Gasteiger partial charge in [-0.1, -0.05) is 60.4 Å². The molecule has 0 spiro atoms. The Kier molecular flexibility index (Phi) is 5.90. The van der Waals surface area contributed by atoms with E-state index >= 15 is 0 Å². The fourth-order valence-electron chi connectivity index (χ4n) is 3.24. The topological polar surface area (TPSA) is 86.9 Å². The van der Waals surface area contributed by atoms with Gasteiger partial charge in [-0.15, -0.1) is 0 Å². The average Bonchev–Trinajstić information content (AvgIpc) is 3.02. The van der Waals surface area contributed by atoms with Crippen molar-refractivity contribution >= 4 is 51.7 Å². The van der Waals surface area contributed by atoms with Crippen molar-refractivity contribution in [1.29, 1.82) is 0 Å². The summed E-state index contributed by atoms with van der Waals surface area (Å²) in [5.41, 5.74) is 2.00. The summed E-state index contributed by atoms with van der Waals surface area (Å²) in [4.78, 5) is 32.1. The lowest BCUT2D eigenvalue weighted by atomic mass is 10.1. The number of carbonyl (C=O) groups excluding carboxylic acids is 1. The van der Waals surface area contributed by atoms with Gasteiger partial charge in [0.15, 0.2) is 0 Å². The van der Waals surface area contributed by atoms with Crippen LogP contribution in [-0.2, 0) is 4.79 Å². The molecule has 1 aliphatic rings. The molecule has 31 heavy (non-hydrogen) atoms. The van der Waals surface area contributed by atoms with Gasteiger partial charge in [-0.05, 0) is 30.2 Å². The maximum Gasteiger partial charge on any atom is 0.267 e. The molecular weight excluding hydrogens is 432 g/mol. The third kappa shape index (κ3) is 4.12. The first-order valence-corrected chi connectivity index (χ1v) is 10.8. The molecule has 1 atom stereocenters. The van der Waals surface area contributed by atoms with Gasteiger partial charge in [0.05, 0.1) is 16.6 Å². The minimum absolute atomic E-state index is 0.147. The predicted octanol–water partition coefficient (Wildman–Crippen LogP) is 2.98. The number of amides is 1. The highest BCUT2D eigenvalue weighted by atomic mass is 32.2. The number of aliphatic hydroxyl groups is 1. The van der Waals surface area contributed by atoms with Crippen LogP contribution < -0.4 is 10.9 Å². The normalized spacial score (nSPS) is 16.4. The number of rotatable bonds is 5. The van der Waals surface area contributed by atoms with E-state index in [1.54, 1.807) is 19.3 Å². The highest BCUT2D eigenvalue weighted by Crippen LogP contribution is 2.32. The van der Waals surface area contributed by atoms with Crippen molar-refractivity contribution in [3.63, 3.8) is 0 Å². The number of nitrogens with zero attached hydrogens (tertiary/aromatic N) is 3. The second kappa shape index (κ2) is 8.62. The smallest absolute Gasteiger partial charge is 0.267 e. The molecule has 0 unspecified atom stereocenters. The SMILES string of the molecule is Cc1cccn2c(=O)c(/C=C3/SC(=S)N(C)C3=O)c(NC[C@H](O)c3ccccc3)nc12. The number of aliphatic hydroxyl groups excluding tert-OH is 1. The van der Waals surface area contributed by atoms with Crippen LogP contribution >= 0.6 is 24.0 Å². The van der Waals surface area contributed by atoms with E-state index in [0.717, 1.165) is 22.9 Å². The summed E-state index contributed by atoms with van der Waals surface area (Å²) < 4.78 is 1.88. The number of fused-ring (bicyclic) bond motifs is 1. The number of thiocarbonyl (C=S) groups is 1. The molecule has 0 bridgehead atoms.